The SMILES string of the molecule is CN(C)C1=NCN(Cc2ccccn2)C=N1. The second kappa shape index (κ2) is 4.74. The lowest BCUT2D eigenvalue weighted by atomic mass is 10.3. The molecule has 0 aromatic carbocycles. The average molecular weight is 217 g/mol. The molecule has 0 amide bonds. The molecule has 2 rings (SSSR count). The lowest BCUT2D eigenvalue weighted by Gasteiger charge is -2.22. The Morgan fingerprint density at radius 2 is 2.25 bits per heavy atom. The van der Waals surface area contributed by atoms with Gasteiger partial charge in [0.25, 0.3) is 0 Å². The molecule has 0 unspecified atom stereocenters. The van der Waals surface area contributed by atoms with Crippen LogP contribution in [0.5, 0.6) is 0 Å². The molecule has 0 saturated carbocycles. The molecule has 0 saturated heterocycles. The fourth-order valence-electron chi connectivity index (χ4n) is 1.41. The van der Waals surface area contributed by atoms with Gasteiger partial charge in [0.2, 0.25) is 5.96 Å². The molecule has 1 aliphatic rings. The van der Waals surface area contributed by atoms with Crippen molar-refractivity contribution in [3.63, 3.8) is 0 Å². The Balaban J connectivity index is 1.94. The summed E-state index contributed by atoms with van der Waals surface area (Å²) in [6.45, 7) is 1.38. The Kier molecular flexibility index (Phi) is 3.14. The highest BCUT2D eigenvalue weighted by Crippen LogP contribution is 2.03. The Morgan fingerprint density at radius 3 is 2.81 bits per heavy atom. The first kappa shape index (κ1) is 10.6. The fourth-order valence-corrected chi connectivity index (χ4v) is 1.41. The number of hydrogen-bond donors (Lipinski definition) is 0. The summed E-state index contributed by atoms with van der Waals surface area (Å²) in [6.07, 6.45) is 3.61. The first-order valence-electron chi connectivity index (χ1n) is 5.15. The van der Waals surface area contributed by atoms with E-state index in [0.717, 1.165) is 18.2 Å². The van der Waals surface area contributed by atoms with Crippen LogP contribution in [0.2, 0.25) is 0 Å². The van der Waals surface area contributed by atoms with Crippen LogP contribution in [-0.2, 0) is 6.54 Å². The van der Waals surface area contributed by atoms with E-state index >= 15 is 0 Å². The summed E-state index contributed by atoms with van der Waals surface area (Å²) in [4.78, 5) is 16.8. The minimum Gasteiger partial charge on any atom is -0.347 e. The van der Waals surface area contributed by atoms with Gasteiger partial charge >= 0.3 is 0 Å². The van der Waals surface area contributed by atoms with Gasteiger partial charge in [-0.1, -0.05) is 6.07 Å². The van der Waals surface area contributed by atoms with Gasteiger partial charge in [0.1, 0.15) is 6.67 Å². The quantitative estimate of drug-likeness (QED) is 0.736. The average Bonchev–Trinajstić information content (AvgIpc) is 2.31. The van der Waals surface area contributed by atoms with Gasteiger partial charge in [0.05, 0.1) is 18.6 Å². The van der Waals surface area contributed by atoms with Crippen molar-refractivity contribution in [3.05, 3.63) is 30.1 Å². The number of pyridine rings is 1. The number of aromatic nitrogens is 1. The molecule has 1 aliphatic heterocycles. The summed E-state index contributed by atoms with van der Waals surface area (Å²) < 4.78 is 0. The van der Waals surface area contributed by atoms with Crippen LogP contribution in [0.25, 0.3) is 0 Å². The van der Waals surface area contributed by atoms with E-state index in [4.69, 9.17) is 0 Å². The van der Waals surface area contributed by atoms with Gasteiger partial charge in [-0.25, -0.2) is 9.98 Å². The first-order chi connectivity index (χ1) is 7.75. The second-order valence-corrected chi connectivity index (χ2v) is 3.81. The molecule has 5 heteroatoms. The monoisotopic (exact) mass is 217 g/mol. The van der Waals surface area contributed by atoms with Crippen LogP contribution in [0, 0.1) is 0 Å². The van der Waals surface area contributed by atoms with E-state index < -0.39 is 0 Å². The smallest absolute Gasteiger partial charge is 0.223 e. The van der Waals surface area contributed by atoms with Crippen LogP contribution in [0.4, 0.5) is 0 Å². The summed E-state index contributed by atoms with van der Waals surface area (Å²) in [5.74, 6) is 0.761. The van der Waals surface area contributed by atoms with Crippen LogP contribution >= 0.6 is 0 Å². The summed E-state index contributed by atoms with van der Waals surface area (Å²) >= 11 is 0. The van der Waals surface area contributed by atoms with Gasteiger partial charge in [-0.15, -0.1) is 0 Å². The molecule has 0 N–H and O–H groups in total. The third kappa shape index (κ3) is 2.56. The van der Waals surface area contributed by atoms with Gasteiger partial charge in [0, 0.05) is 20.3 Å². The van der Waals surface area contributed by atoms with Crippen molar-refractivity contribution in [2.75, 3.05) is 20.8 Å². The van der Waals surface area contributed by atoms with E-state index in [2.05, 4.69) is 15.0 Å². The predicted molar refractivity (Wildman–Crippen MR) is 64.3 cm³/mol. The van der Waals surface area contributed by atoms with Gasteiger partial charge in [0.15, 0.2) is 0 Å². The van der Waals surface area contributed by atoms with Crippen molar-refractivity contribution in [2.24, 2.45) is 9.98 Å². The topological polar surface area (TPSA) is 44.1 Å². The standard InChI is InChI=1S/C11H15N5/c1-15(2)11-13-8-16(9-14-11)7-10-5-3-4-6-12-10/h3-6,8H,7,9H2,1-2H3. The zero-order valence-electron chi connectivity index (χ0n) is 9.54. The Morgan fingerprint density at radius 1 is 1.38 bits per heavy atom. The number of hydrogen-bond acceptors (Lipinski definition) is 5. The molecule has 5 nitrogen and oxygen atoms in total. The third-order valence-electron chi connectivity index (χ3n) is 2.22. The van der Waals surface area contributed by atoms with E-state index in [-0.39, 0.29) is 0 Å². The van der Waals surface area contributed by atoms with E-state index in [1.165, 1.54) is 0 Å². The molecule has 2 heterocycles. The summed E-state index contributed by atoms with van der Waals surface area (Å²) in [5, 5.41) is 0. The van der Waals surface area contributed by atoms with Crippen molar-refractivity contribution in [3.8, 4) is 0 Å². The number of nitrogens with zero attached hydrogens (tertiary/aromatic N) is 5. The zero-order chi connectivity index (χ0) is 11.4. The maximum atomic E-state index is 4.35. The second-order valence-electron chi connectivity index (χ2n) is 3.81. The van der Waals surface area contributed by atoms with E-state index in [0.29, 0.717) is 6.67 Å². The summed E-state index contributed by atoms with van der Waals surface area (Å²) in [7, 11) is 3.87. The molecule has 0 bridgehead atoms. The van der Waals surface area contributed by atoms with Gasteiger partial charge in [-0.2, -0.15) is 0 Å². The lowest BCUT2D eigenvalue weighted by molar-refractivity contribution is 0.421. The largest absolute Gasteiger partial charge is 0.347 e. The minimum atomic E-state index is 0.633. The Labute approximate surface area is 95.1 Å². The first-order valence-corrected chi connectivity index (χ1v) is 5.15. The molecule has 0 atom stereocenters. The Hall–Kier alpha value is -1.91. The minimum absolute atomic E-state index is 0.633. The molecule has 0 fully saturated rings. The van der Waals surface area contributed by atoms with Crippen molar-refractivity contribution >= 4 is 12.3 Å². The molecule has 1 aromatic heterocycles. The zero-order valence-corrected chi connectivity index (χ0v) is 9.54. The van der Waals surface area contributed by atoms with Crippen LogP contribution in [0.15, 0.2) is 34.4 Å². The van der Waals surface area contributed by atoms with Gasteiger partial charge in [-0.3, -0.25) is 4.98 Å². The van der Waals surface area contributed by atoms with Crippen LogP contribution in [0.3, 0.4) is 0 Å². The number of aliphatic imine (C=N–C) groups is 2. The fraction of sp³-hybridized carbons (Fsp3) is 0.364. The highest BCUT2D eigenvalue weighted by molar-refractivity contribution is 5.88. The van der Waals surface area contributed by atoms with Crippen LogP contribution < -0.4 is 0 Å². The Bertz CT molecular complexity index is 396. The molecule has 1 aromatic rings. The third-order valence-corrected chi connectivity index (χ3v) is 2.22. The van der Waals surface area contributed by atoms with Crippen molar-refractivity contribution in [1.29, 1.82) is 0 Å². The number of rotatable bonds is 2. The molecular formula is C11H15N5. The van der Waals surface area contributed by atoms with Crippen LogP contribution in [-0.4, -0.2) is 47.8 Å². The molecule has 0 spiro atoms. The van der Waals surface area contributed by atoms with E-state index in [1.54, 1.807) is 6.20 Å². The predicted octanol–water partition coefficient (Wildman–Crippen LogP) is 0.801. The maximum absolute atomic E-state index is 4.35. The molecular weight excluding hydrogens is 202 g/mol. The van der Waals surface area contributed by atoms with Crippen molar-refractivity contribution in [2.45, 2.75) is 6.54 Å². The van der Waals surface area contributed by atoms with Crippen LogP contribution in [0.1, 0.15) is 5.69 Å². The van der Waals surface area contributed by atoms with Gasteiger partial charge < -0.3 is 9.80 Å². The normalized spacial score (nSPS) is 14.9. The molecule has 0 aliphatic carbocycles. The van der Waals surface area contributed by atoms with E-state index in [9.17, 15) is 0 Å². The molecule has 0 radical (unpaired) electrons. The summed E-state index contributed by atoms with van der Waals surface area (Å²) in [5.41, 5.74) is 1.03. The highest BCUT2D eigenvalue weighted by atomic mass is 15.3. The van der Waals surface area contributed by atoms with Crippen molar-refractivity contribution < 1.29 is 0 Å². The molecule has 16 heavy (non-hydrogen) atoms. The maximum Gasteiger partial charge on any atom is 0.223 e. The molecule has 84 valence electrons. The highest BCUT2D eigenvalue weighted by Gasteiger charge is 2.08. The van der Waals surface area contributed by atoms with E-state index in [1.807, 2.05) is 48.4 Å². The summed E-state index contributed by atoms with van der Waals surface area (Å²) in [6, 6.07) is 5.90. The lowest BCUT2D eigenvalue weighted by Crippen LogP contribution is -2.31. The van der Waals surface area contributed by atoms with Gasteiger partial charge in [-0.05, 0) is 12.1 Å². The van der Waals surface area contributed by atoms with Crippen molar-refractivity contribution in [1.82, 2.24) is 14.8 Å². The number of guanidine groups is 1.